The first kappa shape index (κ1) is 15.3. The van der Waals surface area contributed by atoms with Crippen molar-refractivity contribution in [1.82, 2.24) is 5.32 Å². The molecule has 1 unspecified atom stereocenters. The number of fused-ring (bicyclic) bond motifs is 1. The molecule has 0 aliphatic heterocycles. The number of aliphatic hydroxyl groups excluding tert-OH is 1. The van der Waals surface area contributed by atoms with Crippen molar-refractivity contribution in [2.45, 2.75) is 12.5 Å². The number of hydrogen-bond donors (Lipinski definition) is 2. The van der Waals surface area contributed by atoms with E-state index in [-0.39, 0.29) is 18.6 Å². The minimum atomic E-state index is -0.194. The Morgan fingerprint density at radius 1 is 0.913 bits per heavy atom. The number of nitrogens with one attached hydrogen (secondary N) is 1. The minimum Gasteiger partial charge on any atom is -0.396 e. The Morgan fingerprint density at radius 2 is 1.61 bits per heavy atom. The van der Waals surface area contributed by atoms with Crippen LogP contribution in [0.3, 0.4) is 0 Å². The van der Waals surface area contributed by atoms with Gasteiger partial charge in [0.05, 0.1) is 6.04 Å². The first-order chi connectivity index (χ1) is 11.3. The predicted octanol–water partition coefficient (Wildman–Crippen LogP) is 3.69. The third-order valence-corrected chi connectivity index (χ3v) is 3.94. The topological polar surface area (TPSA) is 49.3 Å². The average molecular weight is 305 g/mol. The maximum Gasteiger partial charge on any atom is 0.251 e. The van der Waals surface area contributed by atoms with Crippen molar-refractivity contribution in [3.05, 3.63) is 83.9 Å². The van der Waals surface area contributed by atoms with E-state index >= 15 is 0 Å². The molecule has 3 aromatic rings. The highest BCUT2D eigenvalue weighted by Crippen LogP contribution is 2.19. The fourth-order valence-corrected chi connectivity index (χ4v) is 2.71. The molecule has 0 radical (unpaired) electrons. The second-order valence-electron chi connectivity index (χ2n) is 5.51. The highest BCUT2D eigenvalue weighted by atomic mass is 16.3. The van der Waals surface area contributed by atoms with Crippen molar-refractivity contribution in [2.75, 3.05) is 6.61 Å². The van der Waals surface area contributed by atoms with Crippen LogP contribution in [0.2, 0.25) is 0 Å². The van der Waals surface area contributed by atoms with Gasteiger partial charge in [-0.25, -0.2) is 0 Å². The van der Waals surface area contributed by atoms with E-state index in [2.05, 4.69) is 5.32 Å². The Kier molecular flexibility index (Phi) is 4.69. The molecule has 0 saturated carbocycles. The molecule has 0 aliphatic rings. The first-order valence-electron chi connectivity index (χ1n) is 7.73. The van der Waals surface area contributed by atoms with Crippen LogP contribution in [-0.4, -0.2) is 17.6 Å². The van der Waals surface area contributed by atoms with Gasteiger partial charge in [-0.05, 0) is 34.9 Å². The lowest BCUT2D eigenvalue weighted by atomic mass is 10.0. The highest BCUT2D eigenvalue weighted by molar-refractivity contribution is 5.98. The smallest absolute Gasteiger partial charge is 0.251 e. The lowest BCUT2D eigenvalue weighted by Gasteiger charge is -2.18. The molecule has 0 saturated heterocycles. The molecule has 0 fully saturated rings. The second kappa shape index (κ2) is 7.07. The van der Waals surface area contributed by atoms with Crippen LogP contribution in [-0.2, 0) is 0 Å². The molecule has 0 heterocycles. The van der Waals surface area contributed by atoms with Crippen LogP contribution in [0.15, 0.2) is 72.8 Å². The van der Waals surface area contributed by atoms with E-state index in [9.17, 15) is 9.90 Å². The van der Waals surface area contributed by atoms with E-state index in [0.717, 1.165) is 16.3 Å². The molecule has 3 rings (SSSR count). The van der Waals surface area contributed by atoms with Gasteiger partial charge in [0.25, 0.3) is 5.91 Å². The van der Waals surface area contributed by atoms with Gasteiger partial charge < -0.3 is 10.4 Å². The molecule has 1 atom stereocenters. The number of amides is 1. The average Bonchev–Trinajstić information content (AvgIpc) is 2.61. The minimum absolute atomic E-state index is 0.0254. The monoisotopic (exact) mass is 305 g/mol. The maximum atomic E-state index is 12.6. The SMILES string of the molecule is O=C(NC(CCO)c1ccccc1)c1ccc2ccccc2c1. The standard InChI is InChI=1S/C20H19NO2/c22-13-12-19(16-7-2-1-3-8-16)21-20(23)18-11-10-15-6-4-5-9-17(15)14-18/h1-11,14,19,22H,12-13H2,(H,21,23). The highest BCUT2D eigenvalue weighted by Gasteiger charge is 2.15. The van der Waals surface area contributed by atoms with E-state index < -0.39 is 0 Å². The van der Waals surface area contributed by atoms with E-state index in [0.29, 0.717) is 12.0 Å². The quantitative estimate of drug-likeness (QED) is 0.755. The van der Waals surface area contributed by atoms with Crippen LogP contribution in [0.4, 0.5) is 0 Å². The summed E-state index contributed by atoms with van der Waals surface area (Å²) in [6, 6.07) is 23.2. The molecule has 116 valence electrons. The first-order valence-corrected chi connectivity index (χ1v) is 7.73. The van der Waals surface area contributed by atoms with Crippen LogP contribution < -0.4 is 5.32 Å². The van der Waals surface area contributed by atoms with Crippen LogP contribution in [0, 0.1) is 0 Å². The molecule has 0 bridgehead atoms. The Hall–Kier alpha value is -2.65. The van der Waals surface area contributed by atoms with Gasteiger partial charge in [0, 0.05) is 12.2 Å². The zero-order chi connectivity index (χ0) is 16.1. The Labute approximate surface area is 135 Å². The third-order valence-electron chi connectivity index (χ3n) is 3.94. The zero-order valence-corrected chi connectivity index (χ0v) is 12.8. The summed E-state index contributed by atoms with van der Waals surface area (Å²) in [4.78, 5) is 12.6. The van der Waals surface area contributed by atoms with E-state index in [4.69, 9.17) is 0 Å². The van der Waals surface area contributed by atoms with Gasteiger partial charge >= 0.3 is 0 Å². The summed E-state index contributed by atoms with van der Waals surface area (Å²) in [5.74, 6) is -0.127. The summed E-state index contributed by atoms with van der Waals surface area (Å²) < 4.78 is 0. The number of aliphatic hydroxyl groups is 1. The fourth-order valence-electron chi connectivity index (χ4n) is 2.71. The molecule has 0 aliphatic carbocycles. The normalized spacial score (nSPS) is 12.0. The van der Waals surface area contributed by atoms with Gasteiger partial charge in [-0.1, -0.05) is 60.7 Å². The number of benzene rings is 3. The van der Waals surface area contributed by atoms with Gasteiger partial charge in [0.1, 0.15) is 0 Å². The van der Waals surface area contributed by atoms with Gasteiger partial charge in [-0.2, -0.15) is 0 Å². The lowest BCUT2D eigenvalue weighted by molar-refractivity contribution is 0.0930. The second-order valence-corrected chi connectivity index (χ2v) is 5.51. The van der Waals surface area contributed by atoms with Crippen molar-refractivity contribution in [3.8, 4) is 0 Å². The zero-order valence-electron chi connectivity index (χ0n) is 12.8. The van der Waals surface area contributed by atoms with Gasteiger partial charge in [0.2, 0.25) is 0 Å². The van der Waals surface area contributed by atoms with E-state index in [1.54, 1.807) is 0 Å². The molecule has 2 N–H and O–H groups in total. The lowest BCUT2D eigenvalue weighted by Crippen LogP contribution is -2.29. The maximum absolute atomic E-state index is 12.6. The molecular formula is C20H19NO2. The molecule has 23 heavy (non-hydrogen) atoms. The molecule has 0 aromatic heterocycles. The largest absolute Gasteiger partial charge is 0.396 e. The molecule has 3 aromatic carbocycles. The summed E-state index contributed by atoms with van der Waals surface area (Å²) >= 11 is 0. The van der Waals surface area contributed by atoms with Gasteiger partial charge in [-0.3, -0.25) is 4.79 Å². The summed E-state index contributed by atoms with van der Waals surface area (Å²) in [5.41, 5.74) is 1.62. The van der Waals surface area contributed by atoms with Crippen molar-refractivity contribution in [3.63, 3.8) is 0 Å². The summed E-state index contributed by atoms with van der Waals surface area (Å²) in [7, 11) is 0. The van der Waals surface area contributed by atoms with Gasteiger partial charge in [-0.15, -0.1) is 0 Å². The van der Waals surface area contributed by atoms with E-state index in [1.165, 1.54) is 0 Å². The van der Waals surface area contributed by atoms with E-state index in [1.807, 2.05) is 72.8 Å². The van der Waals surface area contributed by atoms with Crippen molar-refractivity contribution >= 4 is 16.7 Å². The molecule has 3 nitrogen and oxygen atoms in total. The molecule has 3 heteroatoms. The van der Waals surface area contributed by atoms with Crippen LogP contribution in [0.25, 0.3) is 10.8 Å². The fraction of sp³-hybridized carbons (Fsp3) is 0.150. The molecule has 0 spiro atoms. The van der Waals surface area contributed by atoms with Crippen LogP contribution in [0.1, 0.15) is 28.4 Å². The van der Waals surface area contributed by atoms with Crippen molar-refractivity contribution in [2.24, 2.45) is 0 Å². The molecule has 1 amide bonds. The number of rotatable bonds is 5. The van der Waals surface area contributed by atoms with Crippen molar-refractivity contribution in [1.29, 1.82) is 0 Å². The predicted molar refractivity (Wildman–Crippen MR) is 92.3 cm³/mol. The Balaban J connectivity index is 1.82. The Morgan fingerprint density at radius 3 is 2.35 bits per heavy atom. The number of carbonyl (C=O) groups excluding carboxylic acids is 1. The van der Waals surface area contributed by atoms with Crippen LogP contribution in [0.5, 0.6) is 0 Å². The summed E-state index contributed by atoms with van der Waals surface area (Å²) in [5, 5.41) is 14.4. The third kappa shape index (κ3) is 3.58. The number of carbonyl (C=O) groups is 1. The Bertz CT molecular complexity index is 799. The number of hydrogen-bond acceptors (Lipinski definition) is 2. The summed E-state index contributed by atoms with van der Waals surface area (Å²) in [6.45, 7) is 0.0254. The van der Waals surface area contributed by atoms with Crippen molar-refractivity contribution < 1.29 is 9.90 Å². The molecular weight excluding hydrogens is 286 g/mol. The van der Waals surface area contributed by atoms with Gasteiger partial charge in [0.15, 0.2) is 0 Å². The van der Waals surface area contributed by atoms with Crippen LogP contribution >= 0.6 is 0 Å². The summed E-state index contributed by atoms with van der Waals surface area (Å²) in [6.07, 6.45) is 0.489.